The fourth-order valence-electron chi connectivity index (χ4n) is 1.50. The first-order valence-corrected chi connectivity index (χ1v) is 6.37. The third-order valence-corrected chi connectivity index (χ3v) is 3.28. The Labute approximate surface area is 111 Å². The van der Waals surface area contributed by atoms with E-state index in [0.717, 1.165) is 22.1 Å². The molecule has 0 fully saturated rings. The molecule has 0 unspecified atom stereocenters. The number of rotatable bonds is 5. The van der Waals surface area contributed by atoms with Crippen molar-refractivity contribution in [1.82, 2.24) is 9.59 Å². The molecule has 5 nitrogen and oxygen atoms in total. The Morgan fingerprint density at radius 1 is 1.39 bits per heavy atom. The predicted octanol–water partition coefficient (Wildman–Crippen LogP) is 2.22. The molecule has 0 aliphatic carbocycles. The van der Waals surface area contributed by atoms with Crippen LogP contribution in [-0.2, 0) is 6.61 Å². The van der Waals surface area contributed by atoms with Crippen LogP contribution in [0.1, 0.15) is 5.69 Å². The second-order valence-electron chi connectivity index (χ2n) is 3.98. The van der Waals surface area contributed by atoms with E-state index in [9.17, 15) is 0 Å². The zero-order valence-electron chi connectivity index (χ0n) is 10.7. The quantitative estimate of drug-likeness (QED) is 0.897. The van der Waals surface area contributed by atoms with Gasteiger partial charge in [-0.25, -0.2) is 0 Å². The van der Waals surface area contributed by atoms with Crippen molar-refractivity contribution in [2.75, 3.05) is 31.4 Å². The Hall–Kier alpha value is -1.82. The van der Waals surface area contributed by atoms with Crippen molar-refractivity contribution in [2.45, 2.75) is 6.61 Å². The van der Waals surface area contributed by atoms with Gasteiger partial charge in [-0.3, -0.25) is 0 Å². The van der Waals surface area contributed by atoms with Crippen LogP contribution in [0.25, 0.3) is 0 Å². The largest absolute Gasteiger partial charge is 0.487 e. The molecule has 0 saturated carbocycles. The summed E-state index contributed by atoms with van der Waals surface area (Å²) in [5.74, 6) is 0.830. The first kappa shape index (κ1) is 12.6. The van der Waals surface area contributed by atoms with Gasteiger partial charge in [0.05, 0.1) is 0 Å². The van der Waals surface area contributed by atoms with Crippen LogP contribution in [0.15, 0.2) is 24.3 Å². The Bertz CT molecular complexity index is 512. The predicted molar refractivity (Wildman–Crippen MR) is 74.6 cm³/mol. The van der Waals surface area contributed by atoms with Crippen molar-refractivity contribution in [3.63, 3.8) is 0 Å². The van der Waals surface area contributed by atoms with Gasteiger partial charge in [-0.15, -0.1) is 5.10 Å². The molecule has 18 heavy (non-hydrogen) atoms. The highest BCUT2D eigenvalue weighted by atomic mass is 32.1. The second kappa shape index (κ2) is 5.68. The van der Waals surface area contributed by atoms with E-state index in [0.29, 0.717) is 6.61 Å². The van der Waals surface area contributed by atoms with Gasteiger partial charge in [-0.05, 0) is 12.1 Å². The molecule has 2 rings (SSSR count). The maximum absolute atomic E-state index is 5.72. The van der Waals surface area contributed by atoms with E-state index in [1.165, 1.54) is 11.5 Å². The van der Waals surface area contributed by atoms with E-state index in [4.69, 9.17) is 4.74 Å². The number of nitrogens with one attached hydrogen (secondary N) is 1. The zero-order valence-corrected chi connectivity index (χ0v) is 11.5. The van der Waals surface area contributed by atoms with Gasteiger partial charge < -0.3 is 15.0 Å². The van der Waals surface area contributed by atoms with Crippen molar-refractivity contribution in [1.29, 1.82) is 0 Å². The van der Waals surface area contributed by atoms with Crippen LogP contribution in [0.3, 0.4) is 0 Å². The van der Waals surface area contributed by atoms with Gasteiger partial charge in [0.25, 0.3) is 0 Å². The maximum Gasteiger partial charge on any atom is 0.136 e. The highest BCUT2D eigenvalue weighted by Gasteiger charge is 2.07. The summed E-state index contributed by atoms with van der Waals surface area (Å²) >= 11 is 1.33. The number of ether oxygens (including phenoxy) is 1. The fraction of sp³-hybridized carbons (Fsp3) is 0.333. The number of aromatic nitrogens is 2. The van der Waals surface area contributed by atoms with E-state index >= 15 is 0 Å². The monoisotopic (exact) mass is 264 g/mol. The minimum atomic E-state index is 0.420. The minimum Gasteiger partial charge on any atom is -0.487 e. The number of benzene rings is 1. The lowest BCUT2D eigenvalue weighted by atomic mass is 10.3. The third-order valence-electron chi connectivity index (χ3n) is 2.49. The third kappa shape index (κ3) is 2.89. The molecule has 0 aliphatic heterocycles. The van der Waals surface area contributed by atoms with Crippen LogP contribution in [0, 0.1) is 0 Å². The molecule has 1 N–H and O–H groups in total. The average Bonchev–Trinajstić information content (AvgIpc) is 2.84. The summed E-state index contributed by atoms with van der Waals surface area (Å²) in [6.07, 6.45) is 0. The lowest BCUT2D eigenvalue weighted by Crippen LogP contribution is -2.08. The molecule has 0 spiro atoms. The summed E-state index contributed by atoms with van der Waals surface area (Å²) in [5.41, 5.74) is 1.94. The SMILES string of the molecule is CNc1snnc1COc1cccc(N(C)C)c1. The summed E-state index contributed by atoms with van der Waals surface area (Å²) in [6, 6.07) is 7.95. The Kier molecular flexibility index (Phi) is 3.99. The van der Waals surface area contributed by atoms with Gasteiger partial charge >= 0.3 is 0 Å². The number of hydrogen-bond acceptors (Lipinski definition) is 6. The molecule has 1 aromatic heterocycles. The fourth-order valence-corrected chi connectivity index (χ4v) is 2.01. The lowest BCUT2D eigenvalue weighted by molar-refractivity contribution is 0.302. The van der Waals surface area contributed by atoms with Crippen LogP contribution in [0.5, 0.6) is 5.75 Å². The van der Waals surface area contributed by atoms with Crippen LogP contribution in [0.2, 0.25) is 0 Å². The van der Waals surface area contributed by atoms with Gasteiger partial charge in [0.2, 0.25) is 0 Å². The first-order valence-electron chi connectivity index (χ1n) is 5.60. The van der Waals surface area contributed by atoms with Crippen molar-refractivity contribution in [3.05, 3.63) is 30.0 Å². The van der Waals surface area contributed by atoms with Gasteiger partial charge in [-0.2, -0.15) is 0 Å². The number of nitrogens with zero attached hydrogens (tertiary/aromatic N) is 3. The van der Waals surface area contributed by atoms with E-state index < -0.39 is 0 Å². The molecule has 0 bridgehead atoms. The zero-order chi connectivity index (χ0) is 13.0. The Morgan fingerprint density at radius 3 is 2.94 bits per heavy atom. The Morgan fingerprint density at radius 2 is 2.22 bits per heavy atom. The van der Waals surface area contributed by atoms with E-state index in [2.05, 4.69) is 14.9 Å². The average molecular weight is 264 g/mol. The first-order chi connectivity index (χ1) is 8.70. The molecule has 0 aliphatic rings. The molecule has 2 aromatic rings. The summed E-state index contributed by atoms with van der Waals surface area (Å²) in [4.78, 5) is 2.04. The topological polar surface area (TPSA) is 50.3 Å². The van der Waals surface area contributed by atoms with Crippen LogP contribution >= 0.6 is 11.5 Å². The summed E-state index contributed by atoms with van der Waals surface area (Å²) < 4.78 is 9.61. The minimum absolute atomic E-state index is 0.420. The lowest BCUT2D eigenvalue weighted by Gasteiger charge is -2.13. The van der Waals surface area contributed by atoms with E-state index in [1.807, 2.05) is 50.3 Å². The summed E-state index contributed by atoms with van der Waals surface area (Å²) in [7, 11) is 5.86. The van der Waals surface area contributed by atoms with Crippen molar-refractivity contribution in [2.24, 2.45) is 0 Å². The standard InChI is InChI=1S/C12H16N4OS/c1-13-12-11(14-15-18-12)8-17-10-6-4-5-9(7-10)16(2)3/h4-7,13H,8H2,1-3H3. The molecule has 0 atom stereocenters. The molecule has 1 heterocycles. The molecule has 0 amide bonds. The molecule has 96 valence electrons. The van der Waals surface area contributed by atoms with Gasteiger partial charge in [0.15, 0.2) is 0 Å². The number of anilines is 2. The summed E-state index contributed by atoms with van der Waals surface area (Å²) in [6.45, 7) is 0.420. The van der Waals surface area contributed by atoms with E-state index in [1.54, 1.807) is 0 Å². The van der Waals surface area contributed by atoms with E-state index in [-0.39, 0.29) is 0 Å². The van der Waals surface area contributed by atoms with Crippen LogP contribution < -0.4 is 15.0 Å². The van der Waals surface area contributed by atoms with Gasteiger partial charge in [0.1, 0.15) is 23.1 Å². The van der Waals surface area contributed by atoms with Crippen molar-refractivity contribution >= 4 is 22.2 Å². The Balaban J connectivity index is 2.04. The molecular weight excluding hydrogens is 248 g/mol. The van der Waals surface area contributed by atoms with Gasteiger partial charge in [-0.1, -0.05) is 10.6 Å². The molecule has 6 heteroatoms. The number of hydrogen-bond donors (Lipinski definition) is 1. The highest BCUT2D eigenvalue weighted by molar-refractivity contribution is 7.10. The summed E-state index contributed by atoms with van der Waals surface area (Å²) in [5, 5.41) is 8.02. The van der Waals surface area contributed by atoms with Gasteiger partial charge in [0, 0.05) is 44.4 Å². The van der Waals surface area contributed by atoms with Crippen LogP contribution in [0.4, 0.5) is 10.7 Å². The van der Waals surface area contributed by atoms with Crippen LogP contribution in [-0.4, -0.2) is 30.7 Å². The normalized spacial score (nSPS) is 10.2. The molecular formula is C12H16N4OS. The maximum atomic E-state index is 5.72. The van der Waals surface area contributed by atoms with Crippen molar-refractivity contribution < 1.29 is 4.74 Å². The molecule has 0 saturated heterocycles. The second-order valence-corrected chi connectivity index (χ2v) is 4.73. The highest BCUT2D eigenvalue weighted by Crippen LogP contribution is 2.22. The van der Waals surface area contributed by atoms with Crippen molar-refractivity contribution in [3.8, 4) is 5.75 Å². The molecule has 1 aromatic carbocycles. The molecule has 0 radical (unpaired) electrons. The smallest absolute Gasteiger partial charge is 0.136 e.